The van der Waals surface area contributed by atoms with Gasteiger partial charge >= 0.3 is 23.9 Å². The quantitative estimate of drug-likeness (QED) is 0.00774. The van der Waals surface area contributed by atoms with E-state index in [4.69, 9.17) is 15.0 Å². The van der Waals surface area contributed by atoms with E-state index in [1.807, 2.05) is 119 Å². The number of para-hydroxylation sites is 1. The fourth-order valence-electron chi connectivity index (χ4n) is 18.4. The molecule has 40 nitrogen and oxygen atoms in total. The minimum Gasteiger partial charge on any atom is -0.481 e. The summed E-state index contributed by atoms with van der Waals surface area (Å²) in [7, 11) is 1.90. The molecule has 0 spiro atoms. The molecule has 0 saturated carbocycles. The number of aromatic nitrogens is 3. The molecular formula is C101H127N20O20+. The number of H-pyrrole nitrogens is 1. The largest absolute Gasteiger partial charge is 0.481 e. The van der Waals surface area contributed by atoms with Gasteiger partial charge in [-0.25, -0.2) is 9.78 Å². The van der Waals surface area contributed by atoms with Gasteiger partial charge in [-0.2, -0.15) is 10.2 Å². The standard InChI is InChI=1S/C101H126N20O20/c1-14-63-55(7)70-45-73-64(15-2)56(8)72(108-73)47-81-100(10,11)101(12,93(115-81)65-44-80(123)90-57(9)71(112-92(65)90)46-74(63)107-70)39-38-83(125)103-50-84(126)110-76(49-89(133)134)97(138)113-68(36-37-87(129)130)96(137)116-91(54(5)6)98(139)114-75(48-88(131)132)94(135)104-52-86(128)111-77(53-122)95(136)105-51-85(127)109-69(99(140)141)26-21-22-40-102-82(124)27-23-41-119(13)60-31-28-58(29-32-60)117-118-59-30-34-66-78(42-59)121(61-24-19-18-20-25-61)79-43-62(120(16-3)17-4)33-35-67(79)106-66/h15,18-20,24-25,28-35,42-43,47,54-55,57,68-69,75-77,91,122H,2,14,16-17,21-23,26-27,36-41,44-46,48-53H2,1,3-13H3,(H15,102,103,104,105,106,109,110,111,113,114,116,117,124,125,126,127,128,129,130,131,132,133,134,135,136,137,138,139,140,141)/p+1/t55?,57?,68-,69-,75-,76-,77-,91-,101+/m0/s1. The van der Waals surface area contributed by atoms with Crippen LogP contribution in [-0.4, -0.2) is 231 Å². The number of hydrogen-bond donors (Lipinski definition) is 17. The molecule has 4 aromatic carbocycles. The third kappa shape index (κ3) is 26.1. The zero-order chi connectivity index (χ0) is 103. The van der Waals surface area contributed by atoms with Crippen LogP contribution < -0.4 is 72.9 Å². The summed E-state index contributed by atoms with van der Waals surface area (Å²) in [5.74, 6) is -17.5. The summed E-state index contributed by atoms with van der Waals surface area (Å²) in [5.41, 5.74) is 17.2. The van der Waals surface area contributed by atoms with Gasteiger partial charge in [0.05, 0.1) is 56.2 Å². The maximum absolute atomic E-state index is 14.2. The number of aromatic amines is 1. The summed E-state index contributed by atoms with van der Waals surface area (Å²) in [6, 6.07) is 19.1. The van der Waals surface area contributed by atoms with Crippen molar-refractivity contribution in [2.45, 2.75) is 209 Å². The van der Waals surface area contributed by atoms with Gasteiger partial charge < -0.3 is 98.8 Å². The second-order valence-corrected chi connectivity index (χ2v) is 36.9. The third-order valence-corrected chi connectivity index (χ3v) is 26.9. The topological polar surface area (TPSA) is 578 Å². The second kappa shape index (κ2) is 47.6. The predicted octanol–water partition coefficient (Wildman–Crippen LogP) is 7.24. The van der Waals surface area contributed by atoms with Gasteiger partial charge in [-0.1, -0.05) is 86.2 Å². The zero-order valence-electron chi connectivity index (χ0n) is 81.4. The number of Topliss-reactive ketones (excluding diaryl/α,β-unsaturated/α-hetero) is 1. The van der Waals surface area contributed by atoms with Crippen LogP contribution in [0.5, 0.6) is 0 Å². The molecule has 10 amide bonds. The van der Waals surface area contributed by atoms with Crippen molar-refractivity contribution in [1.82, 2.24) is 68.5 Å². The second-order valence-electron chi connectivity index (χ2n) is 36.9. The highest BCUT2D eigenvalue weighted by atomic mass is 16.4. The smallest absolute Gasteiger partial charge is 0.326 e. The maximum Gasteiger partial charge on any atom is 0.326 e. The normalized spacial score (nSPS) is 17.5. The molecule has 17 N–H and O–H groups in total. The molecule has 6 aromatic rings. The van der Waals surface area contributed by atoms with Gasteiger partial charge in [-0.15, -0.1) is 4.57 Å². The van der Waals surface area contributed by atoms with Crippen molar-refractivity contribution < 1.29 is 102 Å². The fraction of sp³-hybridized carbons (Fsp3) is 0.455. The lowest BCUT2D eigenvalue weighted by atomic mass is 9.63. The number of hydrogen-bond acceptors (Lipinski definition) is 24. The Balaban J connectivity index is 0.604. The summed E-state index contributed by atoms with van der Waals surface area (Å²) in [6.07, 6.45) is 3.20. The van der Waals surface area contributed by atoms with E-state index in [0.717, 1.165) is 104 Å². The van der Waals surface area contributed by atoms with Crippen LogP contribution in [0.15, 0.2) is 157 Å². The molecule has 8 bridgehead atoms. The van der Waals surface area contributed by atoms with E-state index < -0.39 is 182 Å². The molecule has 1 aliphatic carbocycles. The van der Waals surface area contributed by atoms with E-state index in [1.54, 1.807) is 0 Å². The molecule has 4 aliphatic heterocycles. The van der Waals surface area contributed by atoms with Crippen molar-refractivity contribution in [2.75, 3.05) is 69.3 Å². The number of carbonyl (C=O) groups is 15. The number of anilines is 2. The summed E-state index contributed by atoms with van der Waals surface area (Å²) in [5, 5.41) is 85.4. The molecule has 40 heteroatoms. The lowest BCUT2D eigenvalue weighted by molar-refractivity contribution is -0.538. The Morgan fingerprint density at radius 3 is 1.81 bits per heavy atom. The number of azo groups is 1. The summed E-state index contributed by atoms with van der Waals surface area (Å²) in [6.45, 7) is 24.4. The number of carboxylic acid groups (broad SMARTS) is 4. The Hall–Kier alpha value is -15.0. The van der Waals surface area contributed by atoms with Gasteiger partial charge in [0.15, 0.2) is 5.78 Å². The number of fused-ring (bicyclic) bond motifs is 7. The highest BCUT2D eigenvalue weighted by Gasteiger charge is 2.55. The number of aliphatic carboxylic acids is 4. The molecular weight excluding hydrogens is 1810 g/mol. The highest BCUT2D eigenvalue weighted by Crippen LogP contribution is 2.60. The monoisotopic (exact) mass is 1940 g/mol. The van der Waals surface area contributed by atoms with Crippen LogP contribution in [0, 0.1) is 35.5 Å². The summed E-state index contributed by atoms with van der Waals surface area (Å²) >= 11 is 0. The van der Waals surface area contributed by atoms with Crippen molar-refractivity contribution >= 4 is 157 Å². The molecule has 141 heavy (non-hydrogen) atoms. The number of benzene rings is 4. The van der Waals surface area contributed by atoms with Crippen LogP contribution in [0.2, 0.25) is 0 Å². The fourth-order valence-corrected chi connectivity index (χ4v) is 18.4. The third-order valence-electron chi connectivity index (χ3n) is 26.9. The lowest BCUT2D eigenvalue weighted by Gasteiger charge is -2.38. The van der Waals surface area contributed by atoms with E-state index in [9.17, 15) is 97.5 Å². The molecule has 750 valence electrons. The lowest BCUT2D eigenvalue weighted by Crippen LogP contribution is -2.60. The van der Waals surface area contributed by atoms with Gasteiger partial charge in [0.25, 0.3) is 0 Å². The molecule has 9 atom stereocenters. The van der Waals surface area contributed by atoms with E-state index in [0.29, 0.717) is 66.1 Å². The van der Waals surface area contributed by atoms with Gasteiger partial charge in [0.2, 0.25) is 75.8 Å². The van der Waals surface area contributed by atoms with Crippen LogP contribution in [0.1, 0.15) is 182 Å². The first-order valence-electron chi connectivity index (χ1n) is 47.5. The number of aliphatic imine (C=N–C) groups is 2. The molecule has 0 radical (unpaired) electrons. The number of amides is 10. The summed E-state index contributed by atoms with van der Waals surface area (Å²) in [4.78, 5) is 222. The minimum absolute atomic E-state index is 0.0604. The number of nitrogens with zero attached hydrogens (tertiary/aromatic N) is 8. The zero-order valence-corrected chi connectivity index (χ0v) is 81.4. The van der Waals surface area contributed by atoms with Gasteiger partial charge in [0, 0.05) is 181 Å². The molecule has 1 fully saturated rings. The average Bonchev–Trinajstić information content (AvgIpc) is 1.55. The van der Waals surface area contributed by atoms with Gasteiger partial charge in [-0.3, -0.25) is 77.1 Å². The van der Waals surface area contributed by atoms with Gasteiger partial charge in [0.1, 0.15) is 47.3 Å². The van der Waals surface area contributed by atoms with Crippen LogP contribution in [0.25, 0.3) is 39.9 Å². The first kappa shape index (κ1) is 106. The van der Waals surface area contributed by atoms with Crippen molar-refractivity contribution in [3.63, 3.8) is 0 Å². The Bertz CT molecular complexity index is 6110. The first-order valence-corrected chi connectivity index (χ1v) is 47.5. The van der Waals surface area contributed by atoms with E-state index in [1.165, 1.54) is 19.4 Å². The van der Waals surface area contributed by atoms with Crippen molar-refractivity contribution in [3.8, 4) is 5.69 Å². The number of carbonyl (C=O) groups excluding carboxylic acids is 11. The molecule has 2 unspecified atom stereocenters. The number of aliphatic hydroxyl groups is 1. The summed E-state index contributed by atoms with van der Waals surface area (Å²) < 4.78 is 2.20. The average molecular weight is 1940 g/mol. The molecule has 11 rings (SSSR count). The maximum atomic E-state index is 14.2. The molecule has 2 aromatic heterocycles. The minimum atomic E-state index is -1.99. The Morgan fingerprint density at radius 2 is 1.18 bits per heavy atom. The van der Waals surface area contributed by atoms with Crippen molar-refractivity contribution in [2.24, 2.45) is 48.8 Å². The first-order chi connectivity index (χ1) is 67.1. The Labute approximate surface area is 815 Å². The van der Waals surface area contributed by atoms with E-state index in [2.05, 4.69) is 148 Å². The Morgan fingerprint density at radius 1 is 0.603 bits per heavy atom. The van der Waals surface area contributed by atoms with Crippen molar-refractivity contribution in [3.05, 3.63) is 160 Å². The van der Waals surface area contributed by atoms with Crippen LogP contribution in [0.4, 0.5) is 22.7 Å². The number of rotatable bonds is 48. The SMILES string of the molecule is C=Cc1c2[nH]c(c1C)C=C1NC(=C3CC(=O)C4=C3N=C(CC3=C(CC)C(C)C(=N3)C2)C4C)[C@@](C)(CCC(=O)NCC(=O)N[C@@H](CC(=O)O)C(=O)N[C@@H](CCC(=O)O)C(=O)N[C@H](C(=O)N[C@@H](CC(=O)O)C(=O)NCC(=O)N[C@@H](CO)C(=O)NCC(=O)N[C@@H](CCCCNC(=O)CCCN(C)c2ccc(N=Nc3ccc4nc5ccc(N(CC)CC)cc5[n+](-c5ccccc5)c4c3)cc2)C(=O)O)C(C)C)C1(C)C. The van der Waals surface area contributed by atoms with Crippen LogP contribution in [0.3, 0.4) is 0 Å². The van der Waals surface area contributed by atoms with Crippen LogP contribution in [-0.2, 0) is 78.3 Å². The number of carboxylic acids is 4. The number of ketones is 1. The number of allylic oxidation sites excluding steroid dienone is 6. The van der Waals surface area contributed by atoms with E-state index in [-0.39, 0.29) is 68.6 Å². The number of unbranched alkanes of at least 4 members (excludes halogenated alkanes) is 1. The highest BCUT2D eigenvalue weighted by molar-refractivity contribution is 6.13. The predicted molar refractivity (Wildman–Crippen MR) is 526 cm³/mol. The van der Waals surface area contributed by atoms with Crippen LogP contribution >= 0.6 is 0 Å². The Kier molecular flexibility index (Phi) is 35.9. The number of aliphatic hydroxyl groups excluding tert-OH is 1. The molecule has 1 saturated heterocycles. The molecule has 5 aliphatic rings. The molecule has 6 heterocycles. The van der Waals surface area contributed by atoms with Gasteiger partial charge in [-0.05, 0) is 143 Å². The number of nitrogens with one attached hydrogen (secondary N) is 12. The van der Waals surface area contributed by atoms with E-state index >= 15 is 0 Å². The van der Waals surface area contributed by atoms with Crippen molar-refractivity contribution in [1.29, 1.82) is 0 Å².